The van der Waals surface area contributed by atoms with Crippen LogP contribution >= 0.6 is 0 Å². The van der Waals surface area contributed by atoms with E-state index in [1.165, 1.54) is 30.5 Å². The van der Waals surface area contributed by atoms with Gasteiger partial charge in [0.15, 0.2) is 0 Å². The summed E-state index contributed by atoms with van der Waals surface area (Å²) in [5.74, 6) is 0. The molecule has 0 bridgehead atoms. The number of hydrogen-bond donors (Lipinski definition) is 1. The lowest BCUT2D eigenvalue weighted by atomic mass is 10.2. The van der Waals surface area contributed by atoms with Crippen molar-refractivity contribution >= 4 is 11.9 Å². The van der Waals surface area contributed by atoms with E-state index in [0.29, 0.717) is 5.56 Å². The average molecular weight is 166 g/mol. The first-order valence-corrected chi connectivity index (χ1v) is 3.16. The Morgan fingerprint density at radius 3 is 2.42 bits per heavy atom. The molecule has 1 aromatic carbocycles. The van der Waals surface area contributed by atoms with Crippen molar-refractivity contribution in [3.8, 4) is 0 Å². The highest BCUT2D eigenvalue weighted by Crippen LogP contribution is 2.10. The van der Waals surface area contributed by atoms with Crippen LogP contribution in [0.15, 0.2) is 29.4 Å². The van der Waals surface area contributed by atoms with Crippen LogP contribution in [0, 0.1) is 10.1 Å². The molecule has 0 atom stereocenters. The Bertz CT molecular complexity index is 305. The molecule has 1 N–H and O–H groups in total. The molecule has 0 fully saturated rings. The van der Waals surface area contributed by atoms with Crippen LogP contribution in [0.1, 0.15) is 5.56 Å². The normalized spacial score (nSPS) is 10.3. The van der Waals surface area contributed by atoms with Crippen molar-refractivity contribution in [2.24, 2.45) is 5.16 Å². The van der Waals surface area contributed by atoms with Crippen molar-refractivity contribution < 1.29 is 10.1 Å². The van der Waals surface area contributed by atoms with E-state index in [9.17, 15) is 10.1 Å². The Hall–Kier alpha value is -1.91. The van der Waals surface area contributed by atoms with E-state index in [1.54, 1.807) is 0 Å². The van der Waals surface area contributed by atoms with Crippen molar-refractivity contribution in [1.82, 2.24) is 0 Å². The maximum atomic E-state index is 10.2. The number of non-ortho nitro benzene ring substituents is 1. The molecule has 0 spiro atoms. The fourth-order valence-electron chi connectivity index (χ4n) is 0.749. The quantitative estimate of drug-likeness (QED) is 0.312. The van der Waals surface area contributed by atoms with E-state index in [0.717, 1.165) is 0 Å². The predicted octanol–water partition coefficient (Wildman–Crippen LogP) is 1.40. The van der Waals surface area contributed by atoms with Gasteiger partial charge in [0, 0.05) is 12.1 Å². The first-order valence-electron chi connectivity index (χ1n) is 3.16. The van der Waals surface area contributed by atoms with Crippen LogP contribution in [0.25, 0.3) is 0 Å². The third-order valence-corrected chi connectivity index (χ3v) is 1.31. The van der Waals surface area contributed by atoms with E-state index in [4.69, 9.17) is 5.21 Å². The van der Waals surface area contributed by atoms with Gasteiger partial charge in [-0.3, -0.25) is 10.1 Å². The molecule has 5 nitrogen and oxygen atoms in total. The summed E-state index contributed by atoms with van der Waals surface area (Å²) < 4.78 is 0. The smallest absolute Gasteiger partial charge is 0.269 e. The first-order chi connectivity index (χ1) is 5.74. The highest BCUT2D eigenvalue weighted by Gasteiger charge is 2.01. The lowest BCUT2D eigenvalue weighted by molar-refractivity contribution is -0.384. The van der Waals surface area contributed by atoms with Gasteiger partial charge in [-0.1, -0.05) is 5.16 Å². The summed E-state index contributed by atoms with van der Waals surface area (Å²) in [6.45, 7) is 0. The summed E-state index contributed by atoms with van der Waals surface area (Å²) in [7, 11) is 0. The van der Waals surface area contributed by atoms with Crippen LogP contribution in [0.4, 0.5) is 5.69 Å². The molecule has 0 saturated carbocycles. The van der Waals surface area contributed by atoms with Crippen LogP contribution in [-0.2, 0) is 0 Å². The van der Waals surface area contributed by atoms with Crippen molar-refractivity contribution in [2.45, 2.75) is 0 Å². The van der Waals surface area contributed by atoms with Crippen LogP contribution < -0.4 is 0 Å². The van der Waals surface area contributed by atoms with Crippen LogP contribution in [0.5, 0.6) is 0 Å². The molecule has 0 aliphatic heterocycles. The summed E-state index contributed by atoms with van der Waals surface area (Å²) in [6, 6.07) is 5.68. The Kier molecular flexibility index (Phi) is 2.37. The van der Waals surface area contributed by atoms with Crippen LogP contribution in [0.3, 0.4) is 0 Å². The molecule has 0 aliphatic carbocycles. The monoisotopic (exact) mass is 166 g/mol. The standard InChI is InChI=1S/C7H6N2O3/c10-8-5-6-1-3-7(4-2-6)9(11)12/h1-5,10H/b8-5-. The van der Waals surface area contributed by atoms with E-state index in [-0.39, 0.29) is 5.69 Å². The number of benzene rings is 1. The van der Waals surface area contributed by atoms with Gasteiger partial charge in [-0.05, 0) is 17.7 Å². The van der Waals surface area contributed by atoms with E-state index < -0.39 is 4.92 Å². The Labute approximate surface area is 68.1 Å². The number of nitro benzene ring substituents is 1. The minimum absolute atomic E-state index is 0.0186. The number of hydrogen-bond acceptors (Lipinski definition) is 4. The zero-order valence-corrected chi connectivity index (χ0v) is 6.04. The Morgan fingerprint density at radius 1 is 1.42 bits per heavy atom. The lowest BCUT2D eigenvalue weighted by Crippen LogP contribution is -1.88. The largest absolute Gasteiger partial charge is 0.411 e. The molecule has 0 saturated heterocycles. The second-order valence-electron chi connectivity index (χ2n) is 2.09. The Morgan fingerprint density at radius 2 is 2.00 bits per heavy atom. The molecule has 0 aromatic heterocycles. The van der Waals surface area contributed by atoms with Gasteiger partial charge in [0.25, 0.3) is 5.69 Å². The average Bonchev–Trinajstić information content (AvgIpc) is 2.06. The van der Waals surface area contributed by atoms with Gasteiger partial charge in [0.05, 0.1) is 11.1 Å². The molecule has 5 heteroatoms. The fraction of sp³-hybridized carbons (Fsp3) is 0. The van der Waals surface area contributed by atoms with Crippen molar-refractivity contribution in [3.05, 3.63) is 39.9 Å². The maximum Gasteiger partial charge on any atom is 0.269 e. The molecule has 0 aliphatic rings. The number of oxime groups is 1. The molecular formula is C7H6N2O3. The fourth-order valence-corrected chi connectivity index (χ4v) is 0.749. The molecule has 12 heavy (non-hydrogen) atoms. The van der Waals surface area contributed by atoms with Crippen molar-refractivity contribution in [2.75, 3.05) is 0 Å². The van der Waals surface area contributed by atoms with Gasteiger partial charge in [-0.25, -0.2) is 0 Å². The summed E-state index contributed by atoms with van der Waals surface area (Å²) in [5.41, 5.74) is 0.633. The minimum atomic E-state index is -0.486. The number of rotatable bonds is 2. The molecular weight excluding hydrogens is 160 g/mol. The minimum Gasteiger partial charge on any atom is -0.411 e. The predicted molar refractivity (Wildman–Crippen MR) is 42.5 cm³/mol. The van der Waals surface area contributed by atoms with E-state index >= 15 is 0 Å². The van der Waals surface area contributed by atoms with Gasteiger partial charge < -0.3 is 5.21 Å². The lowest BCUT2D eigenvalue weighted by Gasteiger charge is -1.90. The summed E-state index contributed by atoms with van der Waals surface area (Å²) in [4.78, 5) is 9.71. The molecule has 1 rings (SSSR count). The zero-order chi connectivity index (χ0) is 8.97. The molecule has 0 heterocycles. The van der Waals surface area contributed by atoms with Crippen LogP contribution in [-0.4, -0.2) is 16.3 Å². The summed E-state index contributed by atoms with van der Waals surface area (Å²) in [6.07, 6.45) is 1.20. The maximum absolute atomic E-state index is 10.2. The zero-order valence-electron chi connectivity index (χ0n) is 6.04. The number of nitro groups is 1. The molecule has 62 valence electrons. The number of nitrogens with zero attached hydrogens (tertiary/aromatic N) is 2. The second kappa shape index (κ2) is 3.47. The third kappa shape index (κ3) is 1.79. The summed E-state index contributed by atoms with van der Waals surface area (Å²) >= 11 is 0. The van der Waals surface area contributed by atoms with E-state index in [2.05, 4.69) is 5.16 Å². The van der Waals surface area contributed by atoms with Gasteiger partial charge in [-0.15, -0.1) is 0 Å². The molecule has 0 radical (unpaired) electrons. The van der Waals surface area contributed by atoms with Crippen molar-refractivity contribution in [1.29, 1.82) is 0 Å². The first kappa shape index (κ1) is 8.19. The molecule has 0 amide bonds. The molecule has 0 unspecified atom stereocenters. The molecule has 1 aromatic rings. The van der Waals surface area contributed by atoms with Crippen LogP contribution in [0.2, 0.25) is 0 Å². The van der Waals surface area contributed by atoms with E-state index in [1.807, 2.05) is 0 Å². The highest BCUT2D eigenvalue weighted by atomic mass is 16.6. The van der Waals surface area contributed by atoms with Gasteiger partial charge in [0.2, 0.25) is 0 Å². The van der Waals surface area contributed by atoms with Gasteiger partial charge >= 0.3 is 0 Å². The topological polar surface area (TPSA) is 75.7 Å². The van der Waals surface area contributed by atoms with Gasteiger partial charge in [-0.2, -0.15) is 0 Å². The second-order valence-corrected chi connectivity index (χ2v) is 2.09. The summed E-state index contributed by atoms with van der Waals surface area (Å²) in [5, 5.41) is 21.1. The third-order valence-electron chi connectivity index (χ3n) is 1.31. The van der Waals surface area contributed by atoms with Gasteiger partial charge in [0.1, 0.15) is 0 Å². The van der Waals surface area contributed by atoms with Crippen molar-refractivity contribution in [3.63, 3.8) is 0 Å². The highest BCUT2D eigenvalue weighted by molar-refractivity contribution is 5.79. The Balaban J connectivity index is 2.93. The SMILES string of the molecule is O=[N+]([O-])c1ccc(/C=N\O)cc1.